The van der Waals surface area contributed by atoms with Gasteiger partial charge in [-0.05, 0) is 30.0 Å². The first-order valence-electron chi connectivity index (χ1n) is 6.44. The molecule has 1 heterocycles. The van der Waals surface area contributed by atoms with Crippen LogP contribution in [0.1, 0.15) is 5.01 Å². The number of sulfone groups is 1. The summed E-state index contributed by atoms with van der Waals surface area (Å²) in [6.07, 6.45) is 1.43. The van der Waals surface area contributed by atoms with Gasteiger partial charge in [-0.15, -0.1) is 11.3 Å². The fourth-order valence-corrected chi connectivity index (χ4v) is 4.73. The molecule has 1 aromatic heterocycles. The van der Waals surface area contributed by atoms with Crippen molar-refractivity contribution in [2.75, 3.05) is 7.05 Å². The second kappa shape index (κ2) is 5.55. The molecule has 21 heavy (non-hydrogen) atoms. The molecular weight excluding hydrogens is 304 g/mol. The highest BCUT2D eigenvalue weighted by Crippen LogP contribution is 2.28. The van der Waals surface area contributed by atoms with Gasteiger partial charge >= 0.3 is 0 Å². The van der Waals surface area contributed by atoms with E-state index in [1.807, 2.05) is 30.3 Å². The Morgan fingerprint density at radius 2 is 1.90 bits per heavy atom. The molecule has 6 heteroatoms. The summed E-state index contributed by atoms with van der Waals surface area (Å²) in [5.74, 6) is 0. The molecule has 108 valence electrons. The van der Waals surface area contributed by atoms with Crippen molar-refractivity contribution >= 4 is 31.9 Å². The van der Waals surface area contributed by atoms with Crippen LogP contribution in [0.4, 0.5) is 0 Å². The van der Waals surface area contributed by atoms with Crippen molar-refractivity contribution < 1.29 is 8.42 Å². The molecule has 0 atom stereocenters. The summed E-state index contributed by atoms with van der Waals surface area (Å²) in [5, 5.41) is 5.67. The van der Waals surface area contributed by atoms with Crippen LogP contribution < -0.4 is 5.32 Å². The maximum Gasteiger partial charge on any atom is 0.217 e. The van der Waals surface area contributed by atoms with Crippen LogP contribution in [0.3, 0.4) is 0 Å². The molecule has 0 spiro atoms. The zero-order valence-electron chi connectivity index (χ0n) is 11.4. The lowest BCUT2D eigenvalue weighted by atomic mass is 10.1. The predicted octanol–water partition coefficient (Wildman–Crippen LogP) is 2.85. The van der Waals surface area contributed by atoms with Crippen molar-refractivity contribution in [3.63, 3.8) is 0 Å². The molecule has 3 aromatic rings. The summed E-state index contributed by atoms with van der Waals surface area (Å²) in [6.45, 7) is 0.567. The molecule has 0 bridgehead atoms. The smallest absolute Gasteiger partial charge is 0.217 e. The first kappa shape index (κ1) is 14.2. The van der Waals surface area contributed by atoms with Crippen molar-refractivity contribution in [3.8, 4) is 0 Å². The zero-order valence-corrected chi connectivity index (χ0v) is 13.0. The van der Waals surface area contributed by atoms with Gasteiger partial charge in [0.2, 0.25) is 9.84 Å². The SMILES string of the molecule is CNCc1ncc(S(=O)(=O)c2ccc3ccccc3c2)s1. The fraction of sp³-hybridized carbons (Fsp3) is 0.133. The number of hydrogen-bond acceptors (Lipinski definition) is 5. The monoisotopic (exact) mass is 318 g/mol. The second-order valence-electron chi connectivity index (χ2n) is 4.62. The summed E-state index contributed by atoms with van der Waals surface area (Å²) >= 11 is 1.20. The van der Waals surface area contributed by atoms with Gasteiger partial charge < -0.3 is 5.32 Å². The quantitative estimate of drug-likeness (QED) is 0.803. The third kappa shape index (κ3) is 2.70. The summed E-state index contributed by atoms with van der Waals surface area (Å²) in [6, 6.07) is 12.9. The van der Waals surface area contributed by atoms with Gasteiger partial charge in [-0.25, -0.2) is 13.4 Å². The maximum atomic E-state index is 12.6. The molecule has 0 fully saturated rings. The van der Waals surface area contributed by atoms with E-state index < -0.39 is 9.84 Å². The molecule has 0 radical (unpaired) electrons. The van der Waals surface area contributed by atoms with Crippen LogP contribution in [0, 0.1) is 0 Å². The first-order valence-corrected chi connectivity index (χ1v) is 8.74. The van der Waals surface area contributed by atoms with Gasteiger partial charge in [-0.3, -0.25) is 0 Å². The lowest BCUT2D eigenvalue weighted by molar-refractivity contribution is 0.598. The number of fused-ring (bicyclic) bond motifs is 1. The molecule has 0 unspecified atom stereocenters. The van der Waals surface area contributed by atoms with Crippen LogP contribution in [-0.2, 0) is 16.4 Å². The summed E-state index contributed by atoms with van der Waals surface area (Å²) in [4.78, 5) is 4.44. The Kier molecular flexibility index (Phi) is 3.75. The van der Waals surface area contributed by atoms with E-state index in [0.29, 0.717) is 11.4 Å². The molecule has 0 saturated carbocycles. The molecule has 4 nitrogen and oxygen atoms in total. The third-order valence-electron chi connectivity index (χ3n) is 3.16. The van der Waals surface area contributed by atoms with Gasteiger partial charge in [0.1, 0.15) is 9.22 Å². The maximum absolute atomic E-state index is 12.6. The standard InChI is InChI=1S/C15H14N2O2S2/c1-16-9-14-17-10-15(20-14)21(18,19)13-7-6-11-4-2-3-5-12(11)8-13/h2-8,10,16H,9H2,1H3. The van der Waals surface area contributed by atoms with Gasteiger partial charge in [0, 0.05) is 6.54 Å². The van der Waals surface area contributed by atoms with Crippen LogP contribution >= 0.6 is 11.3 Å². The number of nitrogens with zero attached hydrogens (tertiary/aromatic N) is 1. The summed E-state index contributed by atoms with van der Waals surface area (Å²) in [5.41, 5.74) is 0. The highest BCUT2D eigenvalue weighted by atomic mass is 32.2. The number of benzene rings is 2. The Morgan fingerprint density at radius 1 is 1.14 bits per heavy atom. The van der Waals surface area contributed by atoms with Crippen LogP contribution in [0.25, 0.3) is 10.8 Å². The highest BCUT2D eigenvalue weighted by molar-refractivity contribution is 7.93. The van der Waals surface area contributed by atoms with Gasteiger partial charge in [0.15, 0.2) is 0 Å². The summed E-state index contributed by atoms with van der Waals surface area (Å²) in [7, 11) is -1.70. The van der Waals surface area contributed by atoms with Crippen molar-refractivity contribution in [1.82, 2.24) is 10.3 Å². The van der Waals surface area contributed by atoms with E-state index in [2.05, 4.69) is 10.3 Å². The molecular formula is C15H14N2O2S2. The average molecular weight is 318 g/mol. The molecule has 1 N–H and O–H groups in total. The first-order chi connectivity index (χ1) is 10.1. The van der Waals surface area contributed by atoms with E-state index in [4.69, 9.17) is 0 Å². The largest absolute Gasteiger partial charge is 0.314 e. The Bertz CT molecular complexity index is 885. The van der Waals surface area contributed by atoms with Gasteiger partial charge in [-0.1, -0.05) is 30.3 Å². The van der Waals surface area contributed by atoms with Crippen molar-refractivity contribution in [2.45, 2.75) is 15.6 Å². The molecule has 0 amide bonds. The van der Waals surface area contributed by atoms with E-state index in [1.165, 1.54) is 17.5 Å². The van der Waals surface area contributed by atoms with E-state index >= 15 is 0 Å². The molecule has 0 aliphatic carbocycles. The molecule has 0 aliphatic heterocycles. The Balaban J connectivity index is 2.06. The van der Waals surface area contributed by atoms with Gasteiger partial charge in [0.05, 0.1) is 11.1 Å². The second-order valence-corrected chi connectivity index (χ2v) is 7.91. The van der Waals surface area contributed by atoms with Gasteiger partial charge in [0.25, 0.3) is 0 Å². The Hall–Kier alpha value is -1.76. The van der Waals surface area contributed by atoms with E-state index in [9.17, 15) is 8.42 Å². The number of thiazole rings is 1. The van der Waals surface area contributed by atoms with E-state index in [-0.39, 0.29) is 4.21 Å². The summed E-state index contributed by atoms with van der Waals surface area (Å²) < 4.78 is 25.6. The minimum atomic E-state index is -3.50. The highest BCUT2D eigenvalue weighted by Gasteiger charge is 2.21. The molecule has 2 aromatic carbocycles. The number of nitrogens with one attached hydrogen (secondary N) is 1. The Morgan fingerprint density at radius 3 is 2.67 bits per heavy atom. The molecule has 3 rings (SSSR count). The van der Waals surface area contributed by atoms with Crippen molar-refractivity contribution in [1.29, 1.82) is 0 Å². The third-order valence-corrected chi connectivity index (χ3v) is 6.37. The average Bonchev–Trinajstić information content (AvgIpc) is 2.96. The normalized spacial score (nSPS) is 11.9. The van der Waals surface area contributed by atoms with Crippen LogP contribution in [0.5, 0.6) is 0 Å². The minimum Gasteiger partial charge on any atom is -0.314 e. The van der Waals surface area contributed by atoms with Crippen molar-refractivity contribution in [3.05, 3.63) is 53.7 Å². The predicted molar refractivity (Wildman–Crippen MR) is 84.3 cm³/mol. The number of hydrogen-bond donors (Lipinski definition) is 1. The Labute approximate surface area is 127 Å². The fourth-order valence-electron chi connectivity index (χ4n) is 2.10. The van der Waals surface area contributed by atoms with Crippen LogP contribution in [-0.4, -0.2) is 20.4 Å². The topological polar surface area (TPSA) is 59.1 Å². The number of aromatic nitrogens is 1. The molecule has 0 saturated heterocycles. The lowest BCUT2D eigenvalue weighted by Gasteiger charge is -2.03. The van der Waals surface area contributed by atoms with E-state index in [1.54, 1.807) is 19.2 Å². The van der Waals surface area contributed by atoms with E-state index in [0.717, 1.165) is 15.8 Å². The lowest BCUT2D eigenvalue weighted by Crippen LogP contribution is -2.03. The molecule has 0 aliphatic rings. The zero-order chi connectivity index (χ0) is 14.9. The number of rotatable bonds is 4. The van der Waals surface area contributed by atoms with Crippen LogP contribution in [0.2, 0.25) is 0 Å². The van der Waals surface area contributed by atoms with Crippen molar-refractivity contribution in [2.24, 2.45) is 0 Å². The minimum absolute atomic E-state index is 0.281. The van der Waals surface area contributed by atoms with Gasteiger partial charge in [-0.2, -0.15) is 0 Å². The van der Waals surface area contributed by atoms with Crippen LogP contribution in [0.15, 0.2) is 57.8 Å².